The van der Waals surface area contributed by atoms with E-state index < -0.39 is 0 Å². The first-order chi connectivity index (χ1) is 4.76. The van der Waals surface area contributed by atoms with E-state index >= 15 is 0 Å². The molecule has 0 aliphatic carbocycles. The second-order valence-electron chi connectivity index (χ2n) is 3.83. The third-order valence-corrected chi connectivity index (χ3v) is 3.13. The number of nitrogens with zero attached hydrogens (tertiary/aromatic N) is 1. The quantitative estimate of drug-likeness (QED) is 0.385. The maximum absolute atomic E-state index is 5.38. The predicted octanol–water partition coefficient (Wildman–Crippen LogP) is 0.624. The van der Waals surface area contributed by atoms with Crippen LogP contribution in [0.4, 0.5) is 0 Å². The minimum atomic E-state index is 0.814. The number of hydrogen-bond donors (Lipinski definition) is 0. The van der Waals surface area contributed by atoms with Crippen molar-refractivity contribution in [1.29, 1.82) is 0 Å². The molecule has 0 aromatic rings. The van der Waals surface area contributed by atoms with Crippen molar-refractivity contribution >= 4 is 0 Å². The number of hydrogen-bond acceptors (Lipinski definition) is 1. The lowest BCUT2D eigenvalue weighted by atomic mass is 10.3. The van der Waals surface area contributed by atoms with Gasteiger partial charge in [-0.1, -0.05) is 0 Å². The Hall–Kier alpha value is -0.0800. The highest BCUT2D eigenvalue weighted by Crippen LogP contribution is 2.36. The Kier molecular flexibility index (Phi) is 1.29. The Morgan fingerprint density at radius 1 is 1.50 bits per heavy atom. The predicted molar refractivity (Wildman–Crippen MR) is 39.7 cm³/mol. The summed E-state index contributed by atoms with van der Waals surface area (Å²) in [7, 11) is 0. The van der Waals surface area contributed by atoms with Gasteiger partial charge in [0.2, 0.25) is 0 Å². The lowest BCUT2D eigenvalue weighted by molar-refractivity contribution is -0.844. The van der Waals surface area contributed by atoms with Crippen molar-refractivity contribution < 1.29 is 9.22 Å². The van der Waals surface area contributed by atoms with E-state index in [2.05, 4.69) is 13.8 Å². The molecule has 0 N–H and O–H groups in total. The molecular formula is C8H16NO+. The van der Waals surface area contributed by atoms with Crippen molar-refractivity contribution in [2.24, 2.45) is 0 Å². The molecule has 2 nitrogen and oxygen atoms in total. The number of quaternary nitrogens is 1. The summed E-state index contributed by atoms with van der Waals surface area (Å²) in [6.45, 7) is 9.27. The highest BCUT2D eigenvalue weighted by atomic mass is 16.5. The highest BCUT2D eigenvalue weighted by molar-refractivity contribution is 4.79. The summed E-state index contributed by atoms with van der Waals surface area (Å²) in [5.74, 6) is 0. The van der Waals surface area contributed by atoms with Gasteiger partial charge in [-0.2, -0.15) is 0 Å². The van der Waals surface area contributed by atoms with Crippen LogP contribution in [0.3, 0.4) is 0 Å². The van der Waals surface area contributed by atoms with Crippen molar-refractivity contribution in [3.8, 4) is 0 Å². The SMILES string of the molecule is CC(C)[N@+]12CCOC[C@H]1C2. The van der Waals surface area contributed by atoms with Crippen molar-refractivity contribution in [3.63, 3.8) is 0 Å². The molecule has 2 fully saturated rings. The number of fused-ring (bicyclic) bond motifs is 1. The molecule has 0 amide bonds. The van der Waals surface area contributed by atoms with E-state index in [9.17, 15) is 0 Å². The van der Waals surface area contributed by atoms with E-state index in [-0.39, 0.29) is 0 Å². The van der Waals surface area contributed by atoms with E-state index in [0.717, 1.165) is 25.3 Å². The fourth-order valence-electron chi connectivity index (χ4n) is 2.16. The molecule has 10 heavy (non-hydrogen) atoms. The van der Waals surface area contributed by atoms with E-state index in [1.807, 2.05) is 0 Å². The molecule has 2 aliphatic rings. The van der Waals surface area contributed by atoms with Crippen LogP contribution in [0.15, 0.2) is 0 Å². The van der Waals surface area contributed by atoms with Gasteiger partial charge >= 0.3 is 0 Å². The van der Waals surface area contributed by atoms with Gasteiger partial charge in [0.1, 0.15) is 19.7 Å². The Labute approximate surface area is 62.4 Å². The monoisotopic (exact) mass is 142 g/mol. The van der Waals surface area contributed by atoms with Crippen LogP contribution >= 0.6 is 0 Å². The smallest absolute Gasteiger partial charge is 0.163 e. The zero-order valence-corrected chi connectivity index (χ0v) is 6.84. The molecule has 2 aliphatic heterocycles. The fourth-order valence-corrected chi connectivity index (χ4v) is 2.16. The molecule has 0 spiro atoms. The number of morpholine rings is 1. The number of rotatable bonds is 1. The van der Waals surface area contributed by atoms with Crippen LogP contribution < -0.4 is 0 Å². The largest absolute Gasteiger partial charge is 0.369 e. The fraction of sp³-hybridized carbons (Fsp3) is 1.00. The van der Waals surface area contributed by atoms with Gasteiger partial charge < -0.3 is 9.22 Å². The van der Waals surface area contributed by atoms with E-state index in [1.165, 1.54) is 17.6 Å². The Morgan fingerprint density at radius 2 is 2.30 bits per heavy atom. The molecule has 2 heterocycles. The van der Waals surface area contributed by atoms with Gasteiger partial charge in [0.05, 0.1) is 12.6 Å². The van der Waals surface area contributed by atoms with Crippen LogP contribution in [0.25, 0.3) is 0 Å². The Balaban J connectivity index is 2.05. The molecule has 58 valence electrons. The van der Waals surface area contributed by atoms with Gasteiger partial charge in [-0.05, 0) is 13.8 Å². The molecule has 0 radical (unpaired) electrons. The Bertz CT molecular complexity index is 146. The molecule has 2 saturated heterocycles. The molecule has 2 heteroatoms. The third kappa shape index (κ3) is 0.722. The van der Waals surface area contributed by atoms with E-state index in [4.69, 9.17) is 4.74 Å². The van der Waals surface area contributed by atoms with Crippen LogP contribution in [0.5, 0.6) is 0 Å². The van der Waals surface area contributed by atoms with E-state index in [0.29, 0.717) is 0 Å². The number of ether oxygens (including phenoxy) is 1. The van der Waals surface area contributed by atoms with Gasteiger partial charge in [-0.3, -0.25) is 0 Å². The molecular weight excluding hydrogens is 126 g/mol. The second-order valence-corrected chi connectivity index (χ2v) is 3.83. The van der Waals surface area contributed by atoms with Crippen LogP contribution in [0.1, 0.15) is 13.8 Å². The summed E-state index contributed by atoms with van der Waals surface area (Å²) in [5.41, 5.74) is 0. The average Bonchev–Trinajstić information content (AvgIpc) is 2.61. The summed E-state index contributed by atoms with van der Waals surface area (Å²) >= 11 is 0. The summed E-state index contributed by atoms with van der Waals surface area (Å²) in [5, 5.41) is 0. The normalized spacial score (nSPS) is 45.3. The van der Waals surface area contributed by atoms with Crippen LogP contribution in [0.2, 0.25) is 0 Å². The second kappa shape index (κ2) is 1.95. The standard InChI is InChI=1S/C8H16NO/c1-7(2)9-3-4-10-6-8(9)5-9/h7-8H,3-6H2,1-2H3/q+1/t8-,9-/m1/s1. The van der Waals surface area contributed by atoms with E-state index in [1.54, 1.807) is 0 Å². The van der Waals surface area contributed by atoms with Crippen molar-refractivity contribution in [1.82, 2.24) is 0 Å². The van der Waals surface area contributed by atoms with Crippen LogP contribution in [-0.4, -0.2) is 42.9 Å². The Morgan fingerprint density at radius 3 is 2.80 bits per heavy atom. The van der Waals surface area contributed by atoms with Crippen molar-refractivity contribution in [3.05, 3.63) is 0 Å². The molecule has 0 unspecified atom stereocenters. The van der Waals surface area contributed by atoms with Gasteiger partial charge in [0.25, 0.3) is 0 Å². The summed E-state index contributed by atoms with van der Waals surface area (Å²) in [4.78, 5) is 0. The maximum Gasteiger partial charge on any atom is 0.163 e. The summed E-state index contributed by atoms with van der Waals surface area (Å²) in [6.07, 6.45) is 0. The van der Waals surface area contributed by atoms with Gasteiger partial charge in [-0.15, -0.1) is 0 Å². The zero-order chi connectivity index (χ0) is 7.19. The first kappa shape index (κ1) is 6.62. The molecule has 0 aromatic heterocycles. The van der Waals surface area contributed by atoms with Gasteiger partial charge in [0.15, 0.2) is 6.04 Å². The summed E-state index contributed by atoms with van der Waals surface area (Å²) in [6, 6.07) is 1.67. The molecule has 2 atom stereocenters. The minimum Gasteiger partial charge on any atom is -0.369 e. The molecule has 2 rings (SSSR count). The maximum atomic E-state index is 5.38. The topological polar surface area (TPSA) is 9.23 Å². The third-order valence-electron chi connectivity index (χ3n) is 3.13. The average molecular weight is 142 g/mol. The molecule has 0 aromatic carbocycles. The lowest BCUT2D eigenvalue weighted by Gasteiger charge is -2.28. The van der Waals surface area contributed by atoms with Crippen molar-refractivity contribution in [2.45, 2.75) is 25.9 Å². The van der Waals surface area contributed by atoms with Crippen LogP contribution in [-0.2, 0) is 4.74 Å². The molecule has 0 saturated carbocycles. The van der Waals surface area contributed by atoms with Gasteiger partial charge in [-0.25, -0.2) is 0 Å². The van der Waals surface area contributed by atoms with Crippen LogP contribution in [0, 0.1) is 0 Å². The first-order valence-electron chi connectivity index (χ1n) is 4.20. The molecule has 0 bridgehead atoms. The van der Waals surface area contributed by atoms with Gasteiger partial charge in [0, 0.05) is 0 Å². The van der Waals surface area contributed by atoms with Crippen molar-refractivity contribution in [2.75, 3.05) is 26.3 Å². The first-order valence-corrected chi connectivity index (χ1v) is 4.20. The highest BCUT2D eigenvalue weighted by Gasteiger charge is 2.58. The minimum absolute atomic E-state index is 0.814. The zero-order valence-electron chi connectivity index (χ0n) is 6.84. The summed E-state index contributed by atoms with van der Waals surface area (Å²) < 4.78 is 6.73. The lowest BCUT2D eigenvalue weighted by Crippen LogP contribution is -2.43.